The van der Waals surface area contributed by atoms with Gasteiger partial charge in [0, 0.05) is 38.0 Å². The van der Waals surface area contributed by atoms with Crippen molar-refractivity contribution in [2.75, 3.05) is 20.1 Å². The van der Waals surface area contributed by atoms with Crippen LogP contribution in [0.15, 0.2) is 33.7 Å². The van der Waals surface area contributed by atoms with Crippen LogP contribution in [0.3, 0.4) is 0 Å². The highest BCUT2D eigenvalue weighted by molar-refractivity contribution is 7.89. The Kier molecular flexibility index (Phi) is 6.67. The van der Waals surface area contributed by atoms with E-state index in [9.17, 15) is 18.0 Å². The standard InChI is InChI=1S/C20H26N4O5S/c1-4-18-21-19(29-22-18)13-23(3)20(26)16-9-11-24(12-10-16)30(27,28)17-7-5-15(6-8-17)14(2)25/h5-8,16H,4,9-13H2,1-3H3. The van der Waals surface area contributed by atoms with E-state index in [1.165, 1.54) is 35.5 Å². The molecule has 9 nitrogen and oxygen atoms in total. The molecule has 0 spiro atoms. The van der Waals surface area contributed by atoms with Crippen LogP contribution in [0.4, 0.5) is 0 Å². The zero-order valence-electron chi connectivity index (χ0n) is 17.4. The Labute approximate surface area is 176 Å². The first-order valence-corrected chi connectivity index (χ1v) is 11.3. The topological polar surface area (TPSA) is 114 Å². The molecule has 1 fully saturated rings. The van der Waals surface area contributed by atoms with Crippen molar-refractivity contribution in [3.8, 4) is 0 Å². The number of aryl methyl sites for hydroxylation is 1. The molecule has 0 unspecified atom stereocenters. The van der Waals surface area contributed by atoms with Gasteiger partial charge in [0.05, 0.1) is 11.4 Å². The summed E-state index contributed by atoms with van der Waals surface area (Å²) in [4.78, 5) is 30.0. The van der Waals surface area contributed by atoms with Crippen molar-refractivity contribution >= 4 is 21.7 Å². The highest BCUT2D eigenvalue weighted by Crippen LogP contribution is 2.25. The smallest absolute Gasteiger partial charge is 0.246 e. The van der Waals surface area contributed by atoms with E-state index >= 15 is 0 Å². The minimum atomic E-state index is -3.66. The Balaban J connectivity index is 1.59. The van der Waals surface area contributed by atoms with Gasteiger partial charge in [-0.3, -0.25) is 9.59 Å². The predicted molar refractivity (Wildman–Crippen MR) is 108 cm³/mol. The van der Waals surface area contributed by atoms with Crippen molar-refractivity contribution < 1.29 is 22.5 Å². The fourth-order valence-corrected chi connectivity index (χ4v) is 4.91. The van der Waals surface area contributed by atoms with E-state index in [0.29, 0.717) is 36.5 Å². The first kappa shape index (κ1) is 22.1. The molecule has 1 aliphatic heterocycles. The molecule has 162 valence electrons. The maximum atomic E-state index is 12.9. The number of amides is 1. The van der Waals surface area contributed by atoms with E-state index in [0.717, 1.165) is 0 Å². The Morgan fingerprint density at radius 3 is 2.37 bits per heavy atom. The number of hydrogen-bond acceptors (Lipinski definition) is 7. The Morgan fingerprint density at radius 2 is 1.83 bits per heavy atom. The maximum absolute atomic E-state index is 12.9. The van der Waals surface area contributed by atoms with Gasteiger partial charge in [0.25, 0.3) is 0 Å². The number of benzene rings is 1. The van der Waals surface area contributed by atoms with Gasteiger partial charge in [0.2, 0.25) is 21.8 Å². The van der Waals surface area contributed by atoms with Gasteiger partial charge in [-0.15, -0.1) is 0 Å². The van der Waals surface area contributed by atoms with Crippen molar-refractivity contribution in [1.82, 2.24) is 19.3 Å². The third-order valence-corrected chi connectivity index (χ3v) is 7.19. The third-order valence-electron chi connectivity index (χ3n) is 5.28. The minimum absolute atomic E-state index is 0.0610. The van der Waals surface area contributed by atoms with E-state index in [-0.39, 0.29) is 42.1 Å². The van der Waals surface area contributed by atoms with Crippen LogP contribution in [-0.2, 0) is 27.8 Å². The lowest BCUT2D eigenvalue weighted by Gasteiger charge is -2.32. The first-order valence-electron chi connectivity index (χ1n) is 9.90. The fraction of sp³-hybridized carbons (Fsp3) is 0.500. The van der Waals surface area contributed by atoms with E-state index in [2.05, 4.69) is 10.1 Å². The summed E-state index contributed by atoms with van der Waals surface area (Å²) in [5.41, 5.74) is 0.466. The predicted octanol–water partition coefficient (Wildman–Crippen LogP) is 1.89. The number of rotatable bonds is 7. The molecule has 1 aromatic carbocycles. The number of carbonyl (C=O) groups excluding carboxylic acids is 2. The monoisotopic (exact) mass is 434 g/mol. The number of aromatic nitrogens is 2. The highest BCUT2D eigenvalue weighted by atomic mass is 32.2. The second-order valence-electron chi connectivity index (χ2n) is 7.41. The minimum Gasteiger partial charge on any atom is -0.337 e. The van der Waals surface area contributed by atoms with Crippen molar-refractivity contribution in [3.05, 3.63) is 41.5 Å². The van der Waals surface area contributed by atoms with E-state index in [4.69, 9.17) is 4.52 Å². The van der Waals surface area contributed by atoms with E-state index in [1.54, 1.807) is 11.9 Å². The van der Waals surface area contributed by atoms with Crippen LogP contribution in [-0.4, -0.2) is 59.6 Å². The summed E-state index contributed by atoms with van der Waals surface area (Å²) < 4.78 is 32.3. The zero-order valence-corrected chi connectivity index (χ0v) is 18.2. The summed E-state index contributed by atoms with van der Waals surface area (Å²) in [6, 6.07) is 5.93. The molecule has 3 rings (SSSR count). The number of sulfonamides is 1. The molecule has 1 aliphatic rings. The molecular formula is C20H26N4O5S. The van der Waals surface area contributed by atoms with Crippen LogP contribution in [0.1, 0.15) is 48.8 Å². The summed E-state index contributed by atoms with van der Waals surface area (Å²) in [6.07, 6.45) is 1.54. The molecule has 1 saturated heterocycles. The number of Topliss-reactive ketones (excluding diaryl/α,β-unsaturated/α-hetero) is 1. The van der Waals surface area contributed by atoms with Crippen molar-refractivity contribution in [1.29, 1.82) is 0 Å². The largest absolute Gasteiger partial charge is 0.337 e. The molecule has 1 aromatic heterocycles. The van der Waals surface area contributed by atoms with Crippen LogP contribution in [0.25, 0.3) is 0 Å². The van der Waals surface area contributed by atoms with Gasteiger partial charge in [0.15, 0.2) is 11.6 Å². The van der Waals surface area contributed by atoms with Gasteiger partial charge in [0.1, 0.15) is 0 Å². The molecule has 0 radical (unpaired) electrons. The Morgan fingerprint density at radius 1 is 1.20 bits per heavy atom. The molecule has 0 aliphatic carbocycles. The fourth-order valence-electron chi connectivity index (χ4n) is 3.44. The lowest BCUT2D eigenvalue weighted by atomic mass is 9.97. The SMILES string of the molecule is CCc1noc(CN(C)C(=O)C2CCN(S(=O)(=O)c3ccc(C(C)=O)cc3)CC2)n1. The van der Waals surface area contributed by atoms with E-state index < -0.39 is 10.0 Å². The summed E-state index contributed by atoms with van der Waals surface area (Å²) >= 11 is 0. The van der Waals surface area contributed by atoms with Crippen molar-refractivity contribution in [2.45, 2.75) is 44.6 Å². The molecule has 0 saturated carbocycles. The Bertz CT molecular complexity index is 1010. The summed E-state index contributed by atoms with van der Waals surface area (Å²) in [5.74, 6) is 0.551. The molecule has 0 atom stereocenters. The average molecular weight is 435 g/mol. The quantitative estimate of drug-likeness (QED) is 0.611. The molecule has 2 heterocycles. The lowest BCUT2D eigenvalue weighted by Crippen LogP contribution is -2.43. The highest BCUT2D eigenvalue weighted by Gasteiger charge is 2.33. The second-order valence-corrected chi connectivity index (χ2v) is 9.35. The third kappa shape index (κ3) is 4.76. The molecule has 30 heavy (non-hydrogen) atoms. The van der Waals surface area contributed by atoms with Crippen molar-refractivity contribution in [3.63, 3.8) is 0 Å². The number of ketones is 1. The van der Waals surface area contributed by atoms with Crippen LogP contribution >= 0.6 is 0 Å². The van der Waals surface area contributed by atoms with Crippen molar-refractivity contribution in [2.24, 2.45) is 5.92 Å². The molecular weight excluding hydrogens is 408 g/mol. The first-order chi connectivity index (χ1) is 14.2. The average Bonchev–Trinajstić information content (AvgIpc) is 3.20. The van der Waals surface area contributed by atoms with Gasteiger partial charge in [-0.05, 0) is 31.9 Å². The summed E-state index contributed by atoms with van der Waals surface area (Å²) in [6.45, 7) is 4.11. The lowest BCUT2D eigenvalue weighted by molar-refractivity contribution is -0.136. The van der Waals surface area contributed by atoms with Gasteiger partial charge in [-0.2, -0.15) is 9.29 Å². The normalized spacial score (nSPS) is 15.8. The van der Waals surface area contributed by atoms with Crippen LogP contribution in [0.2, 0.25) is 0 Å². The number of hydrogen-bond donors (Lipinski definition) is 0. The maximum Gasteiger partial charge on any atom is 0.246 e. The van der Waals surface area contributed by atoms with Gasteiger partial charge < -0.3 is 9.42 Å². The molecule has 0 N–H and O–H groups in total. The zero-order chi connectivity index (χ0) is 21.9. The number of carbonyl (C=O) groups is 2. The Hall–Kier alpha value is -2.59. The van der Waals surface area contributed by atoms with Crippen LogP contribution in [0.5, 0.6) is 0 Å². The molecule has 2 aromatic rings. The summed E-state index contributed by atoms with van der Waals surface area (Å²) in [7, 11) is -1.98. The van der Waals surface area contributed by atoms with Crippen LogP contribution < -0.4 is 0 Å². The van der Waals surface area contributed by atoms with Gasteiger partial charge in [-0.25, -0.2) is 8.42 Å². The van der Waals surface area contributed by atoms with Crippen LogP contribution in [0, 0.1) is 5.92 Å². The molecule has 1 amide bonds. The summed E-state index contributed by atoms with van der Waals surface area (Å²) in [5, 5.41) is 3.82. The second kappa shape index (κ2) is 9.05. The van der Waals surface area contributed by atoms with Gasteiger partial charge in [-0.1, -0.05) is 24.2 Å². The number of nitrogens with zero attached hydrogens (tertiary/aromatic N) is 4. The number of piperidine rings is 1. The van der Waals surface area contributed by atoms with E-state index in [1.807, 2.05) is 6.92 Å². The molecule has 10 heteroatoms. The van der Waals surface area contributed by atoms with Gasteiger partial charge >= 0.3 is 0 Å². The molecule has 0 bridgehead atoms.